The second kappa shape index (κ2) is 4.29. The minimum atomic E-state index is -1.11. The third-order valence-corrected chi connectivity index (χ3v) is 3.17. The van der Waals surface area contributed by atoms with E-state index in [1.54, 1.807) is 23.0 Å². The Morgan fingerprint density at radius 1 is 1.33 bits per heavy atom. The van der Waals surface area contributed by atoms with E-state index in [9.17, 15) is 10.2 Å². The maximum absolute atomic E-state index is 9.94. The lowest BCUT2D eigenvalue weighted by Gasteiger charge is -2.17. The fourth-order valence-corrected chi connectivity index (χ4v) is 2.21. The van der Waals surface area contributed by atoms with Crippen molar-refractivity contribution in [1.82, 2.24) is 14.5 Å². The average Bonchev–Trinajstić information content (AvgIpc) is 2.93. The van der Waals surface area contributed by atoms with Crippen LogP contribution in [-0.4, -0.2) is 54.8 Å². The number of hydrogen-bond acceptors (Lipinski definition) is 6. The minimum Gasteiger partial charge on any atom is -0.394 e. The van der Waals surface area contributed by atoms with Gasteiger partial charge in [0.1, 0.15) is 30.3 Å². The highest BCUT2D eigenvalue weighted by molar-refractivity contribution is 5.74. The first-order valence-corrected chi connectivity index (χ1v) is 5.61. The van der Waals surface area contributed by atoms with Crippen molar-refractivity contribution in [2.24, 2.45) is 0 Å². The van der Waals surface area contributed by atoms with E-state index in [1.165, 1.54) is 6.33 Å². The molecule has 1 aliphatic heterocycles. The number of nitrogens with zero attached hydrogens (tertiary/aromatic N) is 3. The fourth-order valence-electron chi connectivity index (χ4n) is 2.21. The van der Waals surface area contributed by atoms with Crippen LogP contribution in [0.5, 0.6) is 0 Å². The van der Waals surface area contributed by atoms with Gasteiger partial charge in [0.2, 0.25) is 0 Å². The van der Waals surface area contributed by atoms with Gasteiger partial charge in [-0.15, -0.1) is 0 Å². The van der Waals surface area contributed by atoms with Gasteiger partial charge in [0.25, 0.3) is 0 Å². The predicted molar refractivity (Wildman–Crippen MR) is 60.5 cm³/mol. The van der Waals surface area contributed by atoms with Crippen molar-refractivity contribution in [3.63, 3.8) is 0 Å². The van der Waals surface area contributed by atoms with Gasteiger partial charge in [0, 0.05) is 17.8 Å². The number of hydrogen-bond donors (Lipinski definition) is 3. The second-order valence-corrected chi connectivity index (χ2v) is 4.25. The SMILES string of the molecule is OC[C@@H]1O[C@@H](n2ccc3cncnc32)[C@H](O)[C@H]1O. The molecule has 1 fully saturated rings. The first kappa shape index (κ1) is 11.5. The molecule has 0 aromatic carbocycles. The number of ether oxygens (including phenoxy) is 1. The largest absolute Gasteiger partial charge is 0.394 e. The molecule has 2 aromatic heterocycles. The highest BCUT2D eigenvalue weighted by atomic mass is 16.6. The van der Waals surface area contributed by atoms with Gasteiger partial charge in [0.15, 0.2) is 6.23 Å². The topological polar surface area (TPSA) is 101 Å². The molecule has 7 nitrogen and oxygen atoms in total. The first-order valence-electron chi connectivity index (χ1n) is 5.61. The van der Waals surface area contributed by atoms with Crippen LogP contribution >= 0.6 is 0 Å². The monoisotopic (exact) mass is 251 g/mol. The Bertz CT molecular complexity index is 558. The molecule has 0 amide bonds. The van der Waals surface area contributed by atoms with E-state index in [0.717, 1.165) is 5.39 Å². The zero-order valence-corrected chi connectivity index (χ0v) is 9.42. The quantitative estimate of drug-likeness (QED) is 0.635. The fraction of sp³-hybridized carbons (Fsp3) is 0.455. The second-order valence-electron chi connectivity index (χ2n) is 4.25. The number of aromatic nitrogens is 3. The van der Waals surface area contributed by atoms with Crippen LogP contribution in [0.4, 0.5) is 0 Å². The molecule has 0 aliphatic carbocycles. The van der Waals surface area contributed by atoms with Crippen molar-refractivity contribution in [2.75, 3.05) is 6.61 Å². The predicted octanol–water partition coefficient (Wildman–Crippen LogP) is -0.957. The summed E-state index contributed by atoms with van der Waals surface area (Å²) in [7, 11) is 0. The van der Waals surface area contributed by atoms with Gasteiger partial charge in [-0.2, -0.15) is 0 Å². The Hall–Kier alpha value is -1.54. The Labute approximate surface area is 102 Å². The molecule has 0 radical (unpaired) electrons. The maximum atomic E-state index is 9.94. The summed E-state index contributed by atoms with van der Waals surface area (Å²) in [5.41, 5.74) is 0.611. The van der Waals surface area contributed by atoms with E-state index in [0.29, 0.717) is 5.65 Å². The zero-order chi connectivity index (χ0) is 12.7. The number of aliphatic hydroxyl groups excluding tert-OH is 3. The smallest absolute Gasteiger partial charge is 0.164 e. The van der Waals surface area contributed by atoms with Gasteiger partial charge in [-0.3, -0.25) is 0 Å². The summed E-state index contributed by atoms with van der Waals surface area (Å²) in [4.78, 5) is 8.01. The van der Waals surface area contributed by atoms with Crippen LogP contribution in [0.2, 0.25) is 0 Å². The van der Waals surface area contributed by atoms with Crippen molar-refractivity contribution < 1.29 is 20.1 Å². The van der Waals surface area contributed by atoms with Crippen molar-refractivity contribution in [1.29, 1.82) is 0 Å². The maximum Gasteiger partial charge on any atom is 0.164 e. The molecule has 3 rings (SSSR count). The summed E-state index contributed by atoms with van der Waals surface area (Å²) < 4.78 is 7.07. The van der Waals surface area contributed by atoms with E-state index >= 15 is 0 Å². The lowest BCUT2D eigenvalue weighted by atomic mass is 10.1. The van der Waals surface area contributed by atoms with Crippen LogP contribution < -0.4 is 0 Å². The van der Waals surface area contributed by atoms with E-state index in [-0.39, 0.29) is 6.61 Å². The Morgan fingerprint density at radius 2 is 2.17 bits per heavy atom. The number of rotatable bonds is 2. The van der Waals surface area contributed by atoms with Crippen LogP contribution in [0.1, 0.15) is 6.23 Å². The van der Waals surface area contributed by atoms with Crippen LogP contribution in [0.15, 0.2) is 24.8 Å². The third kappa shape index (κ3) is 1.60. The number of aliphatic hydroxyl groups is 3. The van der Waals surface area contributed by atoms with Crippen molar-refractivity contribution >= 4 is 11.0 Å². The Balaban J connectivity index is 2.00. The number of fused-ring (bicyclic) bond motifs is 1. The zero-order valence-electron chi connectivity index (χ0n) is 9.42. The first-order chi connectivity index (χ1) is 8.72. The molecule has 1 aliphatic rings. The molecule has 3 heterocycles. The summed E-state index contributed by atoms with van der Waals surface area (Å²) in [6.07, 6.45) is 1.00. The van der Waals surface area contributed by atoms with Crippen molar-refractivity contribution in [3.8, 4) is 0 Å². The van der Waals surface area contributed by atoms with Crippen molar-refractivity contribution in [2.45, 2.75) is 24.5 Å². The van der Waals surface area contributed by atoms with Gasteiger partial charge >= 0.3 is 0 Å². The molecule has 4 atom stereocenters. The summed E-state index contributed by atoms with van der Waals surface area (Å²) in [6, 6.07) is 1.80. The molecule has 0 bridgehead atoms. The third-order valence-electron chi connectivity index (χ3n) is 3.17. The molecule has 2 aromatic rings. The van der Waals surface area contributed by atoms with E-state index in [4.69, 9.17) is 9.84 Å². The van der Waals surface area contributed by atoms with Gasteiger partial charge in [0.05, 0.1) is 6.61 Å². The molecule has 0 unspecified atom stereocenters. The molecule has 1 saturated heterocycles. The van der Waals surface area contributed by atoms with Crippen LogP contribution in [0, 0.1) is 0 Å². The van der Waals surface area contributed by atoms with E-state index in [1.807, 2.05) is 0 Å². The highest BCUT2D eigenvalue weighted by Gasteiger charge is 2.43. The normalized spacial score (nSPS) is 32.2. The minimum absolute atomic E-state index is 0.344. The van der Waals surface area contributed by atoms with Crippen LogP contribution in [0.25, 0.3) is 11.0 Å². The summed E-state index contributed by atoms with van der Waals surface area (Å²) >= 11 is 0. The molecule has 96 valence electrons. The molecule has 7 heteroatoms. The molecular weight excluding hydrogens is 238 g/mol. The van der Waals surface area contributed by atoms with Gasteiger partial charge in [-0.05, 0) is 6.07 Å². The van der Waals surface area contributed by atoms with Gasteiger partial charge in [-0.25, -0.2) is 9.97 Å². The Morgan fingerprint density at radius 3 is 2.89 bits per heavy atom. The molecule has 3 N–H and O–H groups in total. The summed E-state index contributed by atoms with van der Waals surface area (Å²) in [6.45, 7) is -0.344. The highest BCUT2D eigenvalue weighted by Crippen LogP contribution is 2.31. The molecular formula is C11H13N3O4. The lowest BCUT2D eigenvalue weighted by molar-refractivity contribution is -0.0508. The summed E-state index contributed by atoms with van der Waals surface area (Å²) in [5, 5.41) is 29.5. The molecule has 0 saturated carbocycles. The lowest BCUT2D eigenvalue weighted by Crippen LogP contribution is -2.33. The van der Waals surface area contributed by atoms with E-state index < -0.39 is 24.5 Å². The van der Waals surface area contributed by atoms with Crippen LogP contribution in [-0.2, 0) is 4.74 Å². The average molecular weight is 251 g/mol. The van der Waals surface area contributed by atoms with Gasteiger partial charge < -0.3 is 24.6 Å². The molecule has 18 heavy (non-hydrogen) atoms. The Kier molecular flexibility index (Phi) is 2.75. The summed E-state index contributed by atoms with van der Waals surface area (Å²) in [5.74, 6) is 0. The van der Waals surface area contributed by atoms with Crippen LogP contribution in [0.3, 0.4) is 0 Å². The van der Waals surface area contributed by atoms with Gasteiger partial charge in [-0.1, -0.05) is 0 Å². The van der Waals surface area contributed by atoms with E-state index in [2.05, 4.69) is 9.97 Å². The molecule has 0 spiro atoms. The van der Waals surface area contributed by atoms with Crippen molar-refractivity contribution in [3.05, 3.63) is 24.8 Å². The standard InChI is InChI=1S/C11H13N3O4/c15-4-7-8(16)9(17)11(18-7)14-2-1-6-3-12-5-13-10(6)14/h1-3,5,7-9,11,15-17H,4H2/t7-,8-,9+,11+/m0/s1.